The number of aromatic nitrogens is 2. The Morgan fingerprint density at radius 2 is 2.10 bits per heavy atom. The first kappa shape index (κ1) is 20.7. The van der Waals surface area contributed by atoms with Crippen LogP contribution in [0.4, 0.5) is 0 Å². The van der Waals surface area contributed by atoms with Crippen LogP contribution < -0.4 is 0 Å². The van der Waals surface area contributed by atoms with Gasteiger partial charge in [-0.05, 0) is 36.0 Å². The van der Waals surface area contributed by atoms with E-state index in [1.54, 1.807) is 12.4 Å². The maximum atomic E-state index is 13.3. The molecule has 6 heteroatoms. The van der Waals surface area contributed by atoms with Crippen molar-refractivity contribution in [2.75, 3.05) is 13.2 Å². The van der Waals surface area contributed by atoms with E-state index in [0.29, 0.717) is 24.7 Å². The Balaban J connectivity index is 1.53. The third-order valence-electron chi connectivity index (χ3n) is 5.38. The van der Waals surface area contributed by atoms with Gasteiger partial charge in [0.05, 0.1) is 6.10 Å². The van der Waals surface area contributed by atoms with Crippen molar-refractivity contribution < 1.29 is 9.53 Å². The first-order chi connectivity index (χ1) is 14.6. The van der Waals surface area contributed by atoms with E-state index in [9.17, 15) is 4.79 Å². The van der Waals surface area contributed by atoms with E-state index in [2.05, 4.69) is 48.1 Å². The summed E-state index contributed by atoms with van der Waals surface area (Å²) in [7, 11) is 0. The van der Waals surface area contributed by atoms with Crippen LogP contribution in [0.5, 0.6) is 0 Å². The number of carbonyl (C=O) groups excluding carboxylic acids is 1. The van der Waals surface area contributed by atoms with Crippen molar-refractivity contribution in [1.29, 1.82) is 0 Å². The molecular weight excluding hydrogens is 394 g/mol. The summed E-state index contributed by atoms with van der Waals surface area (Å²) >= 11 is 1.51. The van der Waals surface area contributed by atoms with Crippen LogP contribution in [0.1, 0.15) is 54.2 Å². The van der Waals surface area contributed by atoms with Crippen LogP contribution in [0.25, 0.3) is 10.6 Å². The Bertz CT molecular complexity index is 964. The first-order valence-corrected chi connectivity index (χ1v) is 11.3. The lowest BCUT2D eigenvalue weighted by Gasteiger charge is -2.24. The third-order valence-corrected chi connectivity index (χ3v) is 6.27. The maximum absolute atomic E-state index is 13.3. The van der Waals surface area contributed by atoms with Crippen LogP contribution >= 0.6 is 11.3 Å². The molecule has 156 valence electrons. The SMILES string of the molecule is CC(C)c1ccc(-c2nc(C(=O)N(Cc3cccnc3)CC3CCCO3)cs2)cc1. The summed E-state index contributed by atoms with van der Waals surface area (Å²) in [5.74, 6) is 0.432. The van der Waals surface area contributed by atoms with Crippen molar-refractivity contribution in [1.82, 2.24) is 14.9 Å². The molecule has 0 aliphatic carbocycles. The van der Waals surface area contributed by atoms with Crippen molar-refractivity contribution in [2.24, 2.45) is 0 Å². The molecule has 1 amide bonds. The average Bonchev–Trinajstić information content (AvgIpc) is 3.46. The minimum atomic E-state index is -0.0596. The highest BCUT2D eigenvalue weighted by molar-refractivity contribution is 7.13. The van der Waals surface area contributed by atoms with E-state index in [4.69, 9.17) is 4.74 Å². The molecule has 0 N–H and O–H groups in total. The summed E-state index contributed by atoms with van der Waals surface area (Å²) in [6.07, 6.45) is 5.67. The van der Waals surface area contributed by atoms with E-state index in [-0.39, 0.29) is 12.0 Å². The summed E-state index contributed by atoms with van der Waals surface area (Å²) in [4.78, 5) is 24.0. The monoisotopic (exact) mass is 421 g/mol. The lowest BCUT2D eigenvalue weighted by molar-refractivity contribution is 0.0503. The van der Waals surface area contributed by atoms with Crippen LogP contribution in [-0.4, -0.2) is 40.0 Å². The lowest BCUT2D eigenvalue weighted by Crippen LogP contribution is -2.37. The van der Waals surface area contributed by atoms with E-state index < -0.39 is 0 Å². The minimum Gasteiger partial charge on any atom is -0.376 e. The second-order valence-electron chi connectivity index (χ2n) is 8.00. The van der Waals surface area contributed by atoms with Gasteiger partial charge in [0.25, 0.3) is 5.91 Å². The Labute approximate surface area is 181 Å². The normalized spacial score (nSPS) is 16.2. The van der Waals surface area contributed by atoms with Gasteiger partial charge in [0.2, 0.25) is 0 Å². The standard InChI is InChI=1S/C24H27N3O2S/c1-17(2)19-7-9-20(10-8-19)23-26-22(16-30-23)24(28)27(15-21-6-4-12-29-21)14-18-5-3-11-25-13-18/h3,5,7-11,13,16-17,21H,4,6,12,14-15H2,1-2H3. The fourth-order valence-corrected chi connectivity index (χ4v) is 4.44. The summed E-state index contributed by atoms with van der Waals surface area (Å²) in [6, 6.07) is 12.3. The molecule has 1 fully saturated rings. The van der Waals surface area contributed by atoms with Crippen LogP contribution in [0.2, 0.25) is 0 Å². The van der Waals surface area contributed by atoms with Gasteiger partial charge in [-0.2, -0.15) is 0 Å². The molecule has 2 aromatic heterocycles. The number of carbonyl (C=O) groups is 1. The number of thiazole rings is 1. The number of hydrogen-bond donors (Lipinski definition) is 0. The van der Waals surface area contributed by atoms with Crippen molar-refractivity contribution in [2.45, 2.75) is 45.3 Å². The van der Waals surface area contributed by atoms with Crippen LogP contribution in [0.3, 0.4) is 0 Å². The van der Waals surface area contributed by atoms with E-state index in [1.165, 1.54) is 16.9 Å². The molecule has 1 atom stereocenters. The van der Waals surface area contributed by atoms with Gasteiger partial charge in [-0.15, -0.1) is 11.3 Å². The number of amides is 1. The lowest BCUT2D eigenvalue weighted by atomic mass is 10.0. The fraction of sp³-hybridized carbons (Fsp3) is 0.375. The van der Waals surface area contributed by atoms with Crippen LogP contribution in [0, 0.1) is 0 Å². The molecular formula is C24H27N3O2S. The maximum Gasteiger partial charge on any atom is 0.273 e. The quantitative estimate of drug-likeness (QED) is 0.529. The molecule has 0 saturated carbocycles. The summed E-state index contributed by atoms with van der Waals surface area (Å²) in [5, 5.41) is 2.73. The molecule has 3 heterocycles. The van der Waals surface area contributed by atoms with Crippen molar-refractivity contribution >= 4 is 17.2 Å². The van der Waals surface area contributed by atoms with Gasteiger partial charge in [-0.3, -0.25) is 9.78 Å². The number of ether oxygens (including phenoxy) is 1. The predicted molar refractivity (Wildman–Crippen MR) is 120 cm³/mol. The van der Waals surface area contributed by atoms with Gasteiger partial charge in [0.1, 0.15) is 10.7 Å². The molecule has 1 aliphatic heterocycles. The molecule has 1 aliphatic rings. The fourth-order valence-electron chi connectivity index (χ4n) is 3.64. The second-order valence-corrected chi connectivity index (χ2v) is 8.85. The average molecular weight is 422 g/mol. The van der Waals surface area contributed by atoms with Gasteiger partial charge < -0.3 is 9.64 Å². The van der Waals surface area contributed by atoms with Crippen molar-refractivity contribution in [3.05, 3.63) is 71.0 Å². The minimum absolute atomic E-state index is 0.0596. The predicted octanol–water partition coefficient (Wildman–Crippen LogP) is 5.15. The summed E-state index contributed by atoms with van der Waals surface area (Å²) in [5.41, 5.74) is 3.83. The second kappa shape index (κ2) is 9.49. The largest absolute Gasteiger partial charge is 0.376 e. The molecule has 0 spiro atoms. The van der Waals surface area contributed by atoms with Crippen molar-refractivity contribution in [3.8, 4) is 10.6 Å². The molecule has 3 aromatic rings. The van der Waals surface area contributed by atoms with Crippen LogP contribution in [-0.2, 0) is 11.3 Å². The highest BCUT2D eigenvalue weighted by Gasteiger charge is 2.25. The zero-order valence-electron chi connectivity index (χ0n) is 17.5. The Kier molecular flexibility index (Phi) is 6.55. The molecule has 1 aromatic carbocycles. The number of benzene rings is 1. The summed E-state index contributed by atoms with van der Waals surface area (Å²) in [6.45, 7) is 6.21. The van der Waals surface area contributed by atoms with E-state index >= 15 is 0 Å². The number of pyridine rings is 1. The molecule has 1 saturated heterocycles. The topological polar surface area (TPSA) is 55.3 Å². The Morgan fingerprint density at radius 1 is 1.27 bits per heavy atom. The molecule has 0 radical (unpaired) electrons. The highest BCUT2D eigenvalue weighted by atomic mass is 32.1. The van der Waals surface area contributed by atoms with Gasteiger partial charge in [-0.1, -0.05) is 44.2 Å². The van der Waals surface area contributed by atoms with E-state index in [0.717, 1.165) is 35.6 Å². The number of nitrogens with zero attached hydrogens (tertiary/aromatic N) is 3. The van der Waals surface area contributed by atoms with E-state index in [1.807, 2.05) is 22.4 Å². The molecule has 0 bridgehead atoms. The van der Waals surface area contributed by atoms with Gasteiger partial charge in [-0.25, -0.2) is 4.98 Å². The highest BCUT2D eigenvalue weighted by Crippen LogP contribution is 2.27. The first-order valence-electron chi connectivity index (χ1n) is 10.5. The number of hydrogen-bond acceptors (Lipinski definition) is 5. The van der Waals surface area contributed by atoms with Gasteiger partial charge in [0.15, 0.2) is 0 Å². The summed E-state index contributed by atoms with van der Waals surface area (Å²) < 4.78 is 5.78. The molecule has 1 unspecified atom stereocenters. The number of rotatable bonds is 7. The van der Waals surface area contributed by atoms with Crippen molar-refractivity contribution in [3.63, 3.8) is 0 Å². The Morgan fingerprint density at radius 3 is 2.77 bits per heavy atom. The molecule has 4 rings (SSSR count). The molecule has 5 nitrogen and oxygen atoms in total. The third kappa shape index (κ3) is 4.94. The van der Waals surface area contributed by atoms with Crippen LogP contribution in [0.15, 0.2) is 54.2 Å². The van der Waals surface area contributed by atoms with Gasteiger partial charge in [0, 0.05) is 43.0 Å². The molecule has 30 heavy (non-hydrogen) atoms. The zero-order valence-corrected chi connectivity index (χ0v) is 18.3. The zero-order chi connectivity index (χ0) is 20.9. The Hall–Kier alpha value is -2.57. The van der Waals surface area contributed by atoms with Gasteiger partial charge >= 0.3 is 0 Å². The smallest absolute Gasteiger partial charge is 0.273 e.